The third-order valence-corrected chi connectivity index (χ3v) is 5.83. The van der Waals surface area contributed by atoms with E-state index in [-0.39, 0.29) is 5.91 Å². The number of nitrogens with one attached hydrogen (secondary N) is 1. The van der Waals surface area contributed by atoms with Crippen molar-refractivity contribution in [3.63, 3.8) is 0 Å². The molecule has 4 rings (SSSR count). The van der Waals surface area contributed by atoms with E-state index < -0.39 is 0 Å². The van der Waals surface area contributed by atoms with E-state index in [0.29, 0.717) is 16.4 Å². The standard InChI is InChI=1S/C25H26ClN5O/c1-3-30(4-2)14-12-18-8-5-6-11-22(18)29-25(32)23-13-15-31-24(28-23)21(17-27-31)19-9-7-10-20(26)16-19/h5-11,13,15-17H,3-4,12,14H2,1-2H3,(H,29,32). The van der Waals surface area contributed by atoms with Crippen molar-refractivity contribution in [2.24, 2.45) is 0 Å². The second-order valence-corrected chi connectivity index (χ2v) is 7.97. The molecule has 164 valence electrons. The molecule has 0 aliphatic heterocycles. The Kier molecular flexibility index (Phi) is 6.83. The van der Waals surface area contributed by atoms with E-state index >= 15 is 0 Å². The van der Waals surface area contributed by atoms with Crippen molar-refractivity contribution in [1.82, 2.24) is 19.5 Å². The molecule has 0 aliphatic carbocycles. The predicted molar refractivity (Wildman–Crippen MR) is 129 cm³/mol. The minimum atomic E-state index is -0.249. The Labute approximate surface area is 192 Å². The number of likely N-dealkylation sites (N-methyl/N-ethyl adjacent to an activating group) is 1. The number of amides is 1. The van der Waals surface area contributed by atoms with Crippen molar-refractivity contribution < 1.29 is 4.79 Å². The van der Waals surface area contributed by atoms with Crippen LogP contribution in [0.5, 0.6) is 0 Å². The van der Waals surface area contributed by atoms with Crippen LogP contribution in [-0.4, -0.2) is 45.0 Å². The molecular formula is C25H26ClN5O. The molecule has 6 nitrogen and oxygen atoms in total. The van der Waals surface area contributed by atoms with Gasteiger partial charge in [-0.1, -0.05) is 55.8 Å². The van der Waals surface area contributed by atoms with E-state index in [0.717, 1.165) is 48.4 Å². The van der Waals surface area contributed by atoms with Crippen molar-refractivity contribution in [3.8, 4) is 11.1 Å². The lowest BCUT2D eigenvalue weighted by Crippen LogP contribution is -2.25. The molecular weight excluding hydrogens is 422 g/mol. The van der Waals surface area contributed by atoms with Crippen molar-refractivity contribution in [2.45, 2.75) is 20.3 Å². The molecule has 0 fully saturated rings. The smallest absolute Gasteiger partial charge is 0.274 e. The third kappa shape index (κ3) is 4.82. The van der Waals surface area contributed by atoms with Crippen LogP contribution in [-0.2, 0) is 6.42 Å². The molecule has 7 heteroatoms. The summed E-state index contributed by atoms with van der Waals surface area (Å²) in [5, 5.41) is 8.03. The molecule has 1 N–H and O–H groups in total. The van der Waals surface area contributed by atoms with Crippen LogP contribution in [0.2, 0.25) is 5.02 Å². The first kappa shape index (κ1) is 22.0. The van der Waals surface area contributed by atoms with Crippen LogP contribution in [0.15, 0.2) is 67.0 Å². The van der Waals surface area contributed by atoms with Crippen molar-refractivity contribution >= 4 is 28.8 Å². The van der Waals surface area contributed by atoms with Gasteiger partial charge in [0.1, 0.15) is 5.69 Å². The van der Waals surface area contributed by atoms with Gasteiger partial charge in [0.25, 0.3) is 5.91 Å². The van der Waals surface area contributed by atoms with Crippen LogP contribution in [0.1, 0.15) is 29.9 Å². The zero-order valence-corrected chi connectivity index (χ0v) is 19.0. The monoisotopic (exact) mass is 447 g/mol. The normalized spacial score (nSPS) is 11.2. The van der Waals surface area contributed by atoms with Gasteiger partial charge in [-0.2, -0.15) is 5.10 Å². The summed E-state index contributed by atoms with van der Waals surface area (Å²) in [5.41, 5.74) is 4.59. The second-order valence-electron chi connectivity index (χ2n) is 7.54. The highest BCUT2D eigenvalue weighted by molar-refractivity contribution is 6.30. The highest BCUT2D eigenvalue weighted by Crippen LogP contribution is 2.26. The minimum Gasteiger partial charge on any atom is -0.320 e. The van der Waals surface area contributed by atoms with Crippen molar-refractivity contribution in [2.75, 3.05) is 25.0 Å². The highest BCUT2D eigenvalue weighted by Gasteiger charge is 2.15. The van der Waals surface area contributed by atoms with Crippen LogP contribution in [0, 0.1) is 0 Å². The lowest BCUT2D eigenvalue weighted by Gasteiger charge is -2.19. The Balaban J connectivity index is 1.58. The summed E-state index contributed by atoms with van der Waals surface area (Å²) in [5.74, 6) is -0.249. The number of fused-ring (bicyclic) bond motifs is 1. The van der Waals surface area contributed by atoms with E-state index in [9.17, 15) is 4.79 Å². The summed E-state index contributed by atoms with van der Waals surface area (Å²) >= 11 is 6.15. The third-order valence-electron chi connectivity index (χ3n) is 5.59. The summed E-state index contributed by atoms with van der Waals surface area (Å²) in [6.07, 6.45) is 4.35. The number of aromatic nitrogens is 3. The lowest BCUT2D eigenvalue weighted by molar-refractivity contribution is 0.102. The van der Waals surface area contributed by atoms with E-state index in [1.165, 1.54) is 0 Å². The van der Waals surface area contributed by atoms with Crippen molar-refractivity contribution in [1.29, 1.82) is 0 Å². The number of benzene rings is 2. The van der Waals surface area contributed by atoms with E-state index in [1.54, 1.807) is 23.0 Å². The fourth-order valence-electron chi connectivity index (χ4n) is 3.72. The number of nitrogens with zero attached hydrogens (tertiary/aromatic N) is 4. The Morgan fingerprint density at radius 1 is 1.09 bits per heavy atom. The first-order chi connectivity index (χ1) is 15.6. The number of carbonyl (C=O) groups is 1. The van der Waals surface area contributed by atoms with Gasteiger partial charge in [0.05, 0.1) is 6.20 Å². The summed E-state index contributed by atoms with van der Waals surface area (Å²) in [7, 11) is 0. The summed E-state index contributed by atoms with van der Waals surface area (Å²) in [6, 6.07) is 17.1. The highest BCUT2D eigenvalue weighted by atomic mass is 35.5. The van der Waals surface area contributed by atoms with Gasteiger partial charge in [-0.15, -0.1) is 0 Å². The number of rotatable bonds is 8. The molecule has 32 heavy (non-hydrogen) atoms. The maximum atomic E-state index is 13.0. The lowest BCUT2D eigenvalue weighted by atomic mass is 10.1. The van der Waals surface area contributed by atoms with E-state index in [2.05, 4.69) is 40.2 Å². The second kappa shape index (κ2) is 9.94. The van der Waals surface area contributed by atoms with Crippen LogP contribution in [0.4, 0.5) is 5.69 Å². The molecule has 0 spiro atoms. The maximum Gasteiger partial charge on any atom is 0.274 e. The van der Waals surface area contributed by atoms with E-state index in [1.807, 2.05) is 42.5 Å². The van der Waals surface area contributed by atoms with Gasteiger partial charge in [0, 0.05) is 29.0 Å². The molecule has 0 aliphatic rings. The summed E-state index contributed by atoms with van der Waals surface area (Å²) in [4.78, 5) is 20.0. The van der Waals surface area contributed by atoms with Crippen LogP contribution >= 0.6 is 11.6 Å². The average molecular weight is 448 g/mol. The van der Waals surface area contributed by atoms with Gasteiger partial charge < -0.3 is 10.2 Å². The Hall–Kier alpha value is -3.22. The van der Waals surface area contributed by atoms with Crippen LogP contribution < -0.4 is 5.32 Å². The SMILES string of the molecule is CCN(CC)CCc1ccccc1NC(=O)c1ccn2ncc(-c3cccc(Cl)c3)c2n1. The zero-order valence-electron chi connectivity index (χ0n) is 18.3. The number of anilines is 1. The number of hydrogen-bond acceptors (Lipinski definition) is 4. The molecule has 2 heterocycles. The molecule has 4 aromatic rings. The average Bonchev–Trinajstić information content (AvgIpc) is 3.24. The van der Waals surface area contributed by atoms with Gasteiger partial charge in [-0.05, 0) is 54.9 Å². The predicted octanol–water partition coefficient (Wildman–Crippen LogP) is 5.19. The zero-order chi connectivity index (χ0) is 22.5. The molecule has 0 atom stereocenters. The molecule has 0 saturated heterocycles. The van der Waals surface area contributed by atoms with Gasteiger partial charge in [-0.3, -0.25) is 4.79 Å². The molecule has 0 unspecified atom stereocenters. The topological polar surface area (TPSA) is 62.5 Å². The van der Waals surface area contributed by atoms with Gasteiger partial charge >= 0.3 is 0 Å². The summed E-state index contributed by atoms with van der Waals surface area (Å²) in [6.45, 7) is 7.29. The Morgan fingerprint density at radius 3 is 2.69 bits per heavy atom. The van der Waals surface area contributed by atoms with Crippen molar-refractivity contribution in [3.05, 3.63) is 83.3 Å². The van der Waals surface area contributed by atoms with Crippen LogP contribution in [0.25, 0.3) is 16.8 Å². The number of halogens is 1. The van der Waals surface area contributed by atoms with Gasteiger partial charge in [-0.25, -0.2) is 9.50 Å². The maximum absolute atomic E-state index is 13.0. The first-order valence-electron chi connectivity index (χ1n) is 10.8. The summed E-state index contributed by atoms with van der Waals surface area (Å²) < 4.78 is 1.66. The quantitative estimate of drug-likeness (QED) is 0.404. The number of para-hydroxylation sites is 1. The molecule has 0 bridgehead atoms. The van der Waals surface area contributed by atoms with Gasteiger partial charge in [0.2, 0.25) is 0 Å². The molecule has 2 aromatic carbocycles. The van der Waals surface area contributed by atoms with E-state index in [4.69, 9.17) is 11.6 Å². The largest absolute Gasteiger partial charge is 0.320 e. The van der Waals surface area contributed by atoms with Crippen LogP contribution in [0.3, 0.4) is 0 Å². The Morgan fingerprint density at radius 2 is 1.91 bits per heavy atom. The van der Waals surface area contributed by atoms with Gasteiger partial charge in [0.15, 0.2) is 5.65 Å². The minimum absolute atomic E-state index is 0.249. The number of carbonyl (C=O) groups excluding carboxylic acids is 1. The molecule has 1 amide bonds. The Bertz CT molecular complexity index is 1230. The molecule has 0 radical (unpaired) electrons. The first-order valence-corrected chi connectivity index (χ1v) is 11.2. The fourth-order valence-corrected chi connectivity index (χ4v) is 3.91. The number of hydrogen-bond donors (Lipinski definition) is 1. The molecule has 2 aromatic heterocycles. The fraction of sp³-hybridized carbons (Fsp3) is 0.240. The molecule has 0 saturated carbocycles.